The van der Waals surface area contributed by atoms with E-state index in [1.165, 1.54) is 21.0 Å². The molecule has 4 amide bonds. The van der Waals surface area contributed by atoms with Crippen molar-refractivity contribution >= 4 is 35.2 Å². The van der Waals surface area contributed by atoms with E-state index < -0.39 is 47.5 Å². The standard InChI is InChI=1S/C37H48N8O6S/c1-22(36(2,3)4)39-35(50)40-27-12-10-8-6-7-9-11-24-20-37(24,34(48)49)41-31(46)28-19-25(21-44(28)33(27)47)45-42-29(23-13-15-26(51-5)16-14-23)30(43-45)32-38-17-18-52-32/h9,11,13-18,22,24-25,27-28H,6-8,10,12,19-21H2,1-5H3,(H,41,46)(H,48,49)(H2,39,40,50)/t22-,24-,25+,27-,28+,37+/m1/s1. The summed E-state index contributed by atoms with van der Waals surface area (Å²) in [4.78, 5) is 62.0. The molecule has 4 heterocycles. The van der Waals surface area contributed by atoms with Gasteiger partial charge in [-0.1, -0.05) is 45.8 Å². The molecule has 0 radical (unpaired) electrons. The van der Waals surface area contributed by atoms with E-state index in [1.54, 1.807) is 13.3 Å². The maximum Gasteiger partial charge on any atom is 0.330 e. The first kappa shape index (κ1) is 37.0. The summed E-state index contributed by atoms with van der Waals surface area (Å²) in [7, 11) is 1.60. The van der Waals surface area contributed by atoms with Crippen LogP contribution in [0.15, 0.2) is 48.0 Å². The largest absolute Gasteiger partial charge is 0.497 e. The fraction of sp³-hybridized carbons (Fsp3) is 0.541. The van der Waals surface area contributed by atoms with E-state index in [9.17, 15) is 24.3 Å². The number of carbonyl (C=O) groups excluding carboxylic acids is 3. The summed E-state index contributed by atoms with van der Waals surface area (Å²) in [5, 5.41) is 31.2. The average Bonchev–Trinajstić information content (AvgIpc) is 3.56. The monoisotopic (exact) mass is 732 g/mol. The number of methoxy groups -OCH3 is 1. The predicted molar refractivity (Wildman–Crippen MR) is 195 cm³/mol. The maximum atomic E-state index is 14.6. The Hall–Kier alpha value is -4.79. The summed E-state index contributed by atoms with van der Waals surface area (Å²) in [6.07, 6.45) is 9.45. The number of hydrogen-bond donors (Lipinski definition) is 4. The molecule has 3 aliphatic rings. The lowest BCUT2D eigenvalue weighted by molar-refractivity contribution is -0.145. The van der Waals surface area contributed by atoms with Crippen LogP contribution >= 0.6 is 11.3 Å². The van der Waals surface area contributed by atoms with Crippen molar-refractivity contribution in [1.82, 2.24) is 40.8 Å². The van der Waals surface area contributed by atoms with Crippen LogP contribution < -0.4 is 20.7 Å². The zero-order chi connectivity index (χ0) is 37.2. The van der Waals surface area contributed by atoms with Crippen molar-refractivity contribution in [2.24, 2.45) is 11.3 Å². The zero-order valence-corrected chi connectivity index (χ0v) is 31.1. The minimum absolute atomic E-state index is 0.0759. The van der Waals surface area contributed by atoms with Crippen LogP contribution in [0.25, 0.3) is 22.0 Å². The maximum absolute atomic E-state index is 14.6. The van der Waals surface area contributed by atoms with Crippen LogP contribution in [-0.4, -0.2) is 91.1 Å². The number of fused-ring (bicyclic) bond motifs is 2. The van der Waals surface area contributed by atoms with Crippen molar-refractivity contribution in [3.8, 4) is 27.7 Å². The van der Waals surface area contributed by atoms with Gasteiger partial charge in [0.05, 0.1) is 13.2 Å². The first-order valence-electron chi connectivity index (χ1n) is 17.9. The molecule has 15 heteroatoms. The predicted octanol–water partition coefficient (Wildman–Crippen LogP) is 4.80. The Morgan fingerprint density at radius 3 is 2.54 bits per heavy atom. The zero-order valence-electron chi connectivity index (χ0n) is 30.3. The number of allylic oxidation sites excluding steroid dienone is 1. The molecular formula is C37H48N8O6S. The topological polar surface area (TPSA) is 181 Å². The summed E-state index contributed by atoms with van der Waals surface area (Å²) < 4.78 is 5.34. The Morgan fingerprint density at radius 1 is 1.12 bits per heavy atom. The van der Waals surface area contributed by atoms with Gasteiger partial charge in [-0.05, 0) is 62.3 Å². The normalized spacial score (nSPS) is 25.9. The van der Waals surface area contributed by atoms with E-state index in [-0.39, 0.29) is 36.8 Å². The van der Waals surface area contributed by atoms with Crippen LogP contribution in [-0.2, 0) is 14.4 Å². The second kappa shape index (κ2) is 15.1. The van der Waals surface area contributed by atoms with Gasteiger partial charge < -0.3 is 30.7 Å². The van der Waals surface area contributed by atoms with Gasteiger partial charge in [-0.25, -0.2) is 14.6 Å². The van der Waals surface area contributed by atoms with Crippen LogP contribution in [0.2, 0.25) is 0 Å². The number of hydrogen-bond acceptors (Lipinski definition) is 9. The fourth-order valence-electron chi connectivity index (χ4n) is 6.77. The summed E-state index contributed by atoms with van der Waals surface area (Å²) in [6.45, 7) is 8.05. The minimum atomic E-state index is -1.44. The molecule has 1 saturated carbocycles. The number of nitrogens with zero attached hydrogens (tertiary/aromatic N) is 5. The van der Waals surface area contributed by atoms with E-state index in [0.29, 0.717) is 35.0 Å². The molecule has 6 rings (SSSR count). The number of aromatic nitrogens is 4. The number of urea groups is 1. The molecule has 52 heavy (non-hydrogen) atoms. The summed E-state index contributed by atoms with van der Waals surface area (Å²) in [5.74, 6) is -1.73. The Kier molecular flexibility index (Phi) is 10.7. The van der Waals surface area contributed by atoms with Crippen molar-refractivity contribution in [1.29, 1.82) is 0 Å². The Labute approximate surface area is 307 Å². The van der Waals surface area contributed by atoms with E-state index in [1.807, 2.05) is 69.5 Å². The Bertz CT molecular complexity index is 1800. The molecule has 0 unspecified atom stereocenters. The number of aliphatic carboxylic acids is 1. The third kappa shape index (κ3) is 7.83. The van der Waals surface area contributed by atoms with Gasteiger partial charge in [-0.15, -0.1) is 16.4 Å². The minimum Gasteiger partial charge on any atom is -0.497 e. The van der Waals surface area contributed by atoms with Crippen LogP contribution in [0.5, 0.6) is 5.75 Å². The highest BCUT2D eigenvalue weighted by Crippen LogP contribution is 2.46. The van der Waals surface area contributed by atoms with Crippen LogP contribution in [0.3, 0.4) is 0 Å². The third-order valence-electron chi connectivity index (χ3n) is 10.5. The molecule has 6 atom stereocenters. The highest BCUT2D eigenvalue weighted by molar-refractivity contribution is 7.13. The lowest BCUT2D eigenvalue weighted by Crippen LogP contribution is -2.58. The third-order valence-corrected chi connectivity index (χ3v) is 11.3. The molecule has 1 saturated heterocycles. The van der Waals surface area contributed by atoms with E-state index in [2.05, 4.69) is 20.9 Å². The van der Waals surface area contributed by atoms with Crippen LogP contribution in [0.1, 0.15) is 78.7 Å². The number of ether oxygens (including phenoxy) is 1. The number of carboxylic acid groups (broad SMARTS) is 1. The number of benzene rings is 1. The molecule has 2 fully saturated rings. The van der Waals surface area contributed by atoms with E-state index in [4.69, 9.17) is 14.9 Å². The molecule has 0 bridgehead atoms. The molecule has 278 valence electrons. The SMILES string of the molecule is COc1ccc(-c2nn([C@H]3C[C@H]4C(=O)N[C@@]5(C(=O)O)C[C@H]5C=CCCCCC[C@@H](NC(=O)N[C@H](C)C(C)(C)C)C(=O)N4C3)nc2-c2nccs2)cc1. The molecule has 1 aliphatic carbocycles. The van der Waals surface area contributed by atoms with Crippen LogP contribution in [0, 0.1) is 11.3 Å². The van der Waals surface area contributed by atoms with Gasteiger partial charge in [0.15, 0.2) is 0 Å². The van der Waals surface area contributed by atoms with Gasteiger partial charge in [-0.3, -0.25) is 9.59 Å². The van der Waals surface area contributed by atoms with Gasteiger partial charge in [0.1, 0.15) is 39.8 Å². The number of nitrogens with one attached hydrogen (secondary N) is 3. The lowest BCUT2D eigenvalue weighted by atomic mass is 9.88. The number of amides is 4. The first-order chi connectivity index (χ1) is 24.8. The highest BCUT2D eigenvalue weighted by atomic mass is 32.1. The van der Waals surface area contributed by atoms with Crippen LogP contribution in [0.4, 0.5) is 4.79 Å². The summed E-state index contributed by atoms with van der Waals surface area (Å²) in [6, 6.07) is 4.33. The van der Waals surface area contributed by atoms with Crippen molar-refractivity contribution in [3.63, 3.8) is 0 Å². The number of carboxylic acids is 1. The highest BCUT2D eigenvalue weighted by Gasteiger charge is 2.61. The van der Waals surface area contributed by atoms with Crippen molar-refractivity contribution in [2.75, 3.05) is 13.7 Å². The lowest BCUT2D eigenvalue weighted by Gasteiger charge is -2.31. The summed E-state index contributed by atoms with van der Waals surface area (Å²) >= 11 is 1.42. The number of carbonyl (C=O) groups is 4. The van der Waals surface area contributed by atoms with E-state index in [0.717, 1.165) is 24.8 Å². The quantitative estimate of drug-likeness (QED) is 0.248. The molecule has 0 spiro atoms. The van der Waals surface area contributed by atoms with Gasteiger partial charge in [-0.2, -0.15) is 9.90 Å². The number of rotatable bonds is 7. The van der Waals surface area contributed by atoms with Crippen molar-refractivity contribution < 1.29 is 29.0 Å². The van der Waals surface area contributed by atoms with Gasteiger partial charge in [0.2, 0.25) is 11.8 Å². The molecular weight excluding hydrogens is 685 g/mol. The van der Waals surface area contributed by atoms with Crippen molar-refractivity contribution in [2.45, 2.75) is 102 Å². The Balaban J connectivity index is 1.34. The molecule has 2 aromatic heterocycles. The average molecular weight is 733 g/mol. The molecule has 3 aromatic rings. The molecule has 1 aromatic carbocycles. The molecule has 4 N–H and O–H groups in total. The fourth-order valence-corrected chi connectivity index (χ4v) is 7.39. The Morgan fingerprint density at radius 2 is 1.87 bits per heavy atom. The second-order valence-corrected chi connectivity index (χ2v) is 16.0. The van der Waals surface area contributed by atoms with E-state index >= 15 is 0 Å². The van der Waals surface area contributed by atoms with Gasteiger partial charge >= 0.3 is 12.0 Å². The first-order valence-corrected chi connectivity index (χ1v) is 18.8. The molecule has 2 aliphatic heterocycles. The smallest absolute Gasteiger partial charge is 0.330 e. The number of thiazole rings is 1. The second-order valence-electron chi connectivity index (χ2n) is 15.1. The van der Waals surface area contributed by atoms with Gasteiger partial charge in [0.25, 0.3) is 0 Å². The molecule has 14 nitrogen and oxygen atoms in total. The van der Waals surface area contributed by atoms with Gasteiger partial charge in [0, 0.05) is 42.1 Å². The summed E-state index contributed by atoms with van der Waals surface area (Å²) in [5.41, 5.74) is 0.281. The van der Waals surface area contributed by atoms with Crippen molar-refractivity contribution in [3.05, 3.63) is 48.0 Å².